The average molecular weight is 242 g/mol. The van der Waals surface area contributed by atoms with E-state index in [2.05, 4.69) is 25.7 Å². The summed E-state index contributed by atoms with van der Waals surface area (Å²) < 4.78 is 53.7. The SMILES string of the molecule is [2H]c1sc(OC2([2H])C([2H])([2H])OC2([2H])[2H])nc1Br. The summed E-state index contributed by atoms with van der Waals surface area (Å²) in [4.78, 5) is 3.72. The Balaban J connectivity index is 2.28. The van der Waals surface area contributed by atoms with E-state index in [9.17, 15) is 0 Å². The van der Waals surface area contributed by atoms with Crippen molar-refractivity contribution in [1.29, 1.82) is 0 Å². The van der Waals surface area contributed by atoms with Crippen molar-refractivity contribution in [2.45, 2.75) is 6.08 Å². The summed E-state index contributed by atoms with van der Waals surface area (Å²) in [6.07, 6.45) is -2.54. The van der Waals surface area contributed by atoms with Crippen molar-refractivity contribution in [1.82, 2.24) is 4.98 Å². The van der Waals surface area contributed by atoms with Crippen molar-refractivity contribution in [3.8, 4) is 5.19 Å². The van der Waals surface area contributed by atoms with E-state index >= 15 is 0 Å². The zero-order chi connectivity index (χ0) is 13.1. The van der Waals surface area contributed by atoms with E-state index in [1.165, 1.54) is 0 Å². The fourth-order valence-corrected chi connectivity index (χ4v) is 1.48. The van der Waals surface area contributed by atoms with Gasteiger partial charge in [0.05, 0.1) is 21.3 Å². The summed E-state index contributed by atoms with van der Waals surface area (Å²) in [5.74, 6) is 0. The molecule has 1 aromatic rings. The summed E-state index contributed by atoms with van der Waals surface area (Å²) >= 11 is 3.74. The third-order valence-electron chi connectivity index (χ3n) is 0.889. The van der Waals surface area contributed by atoms with E-state index in [1.807, 2.05) is 0 Å². The van der Waals surface area contributed by atoms with Gasteiger partial charge in [0.25, 0.3) is 5.19 Å². The first-order chi connectivity index (χ1) is 7.59. The number of aromatic nitrogens is 1. The van der Waals surface area contributed by atoms with E-state index in [4.69, 9.17) is 13.0 Å². The first-order valence-electron chi connectivity index (χ1n) is 5.61. The molecule has 0 saturated carbocycles. The van der Waals surface area contributed by atoms with Crippen LogP contribution >= 0.6 is 27.3 Å². The zero-order valence-electron chi connectivity index (χ0n) is 11.0. The van der Waals surface area contributed by atoms with Crippen LogP contribution in [0.15, 0.2) is 9.96 Å². The van der Waals surface area contributed by atoms with Crippen molar-refractivity contribution >= 4 is 27.3 Å². The highest BCUT2D eigenvalue weighted by molar-refractivity contribution is 9.10. The quantitative estimate of drug-likeness (QED) is 0.790. The van der Waals surface area contributed by atoms with E-state index in [1.54, 1.807) is 0 Å². The first-order valence-corrected chi connectivity index (χ1v) is 4.22. The van der Waals surface area contributed by atoms with Crippen LogP contribution in [0.4, 0.5) is 0 Å². The van der Waals surface area contributed by atoms with Crippen molar-refractivity contribution in [2.75, 3.05) is 13.1 Å². The summed E-state index contributed by atoms with van der Waals surface area (Å²) in [7, 11) is 0. The summed E-state index contributed by atoms with van der Waals surface area (Å²) in [5, 5.41) is -0.113. The zero-order valence-corrected chi connectivity index (χ0v) is 7.45. The molecule has 3 nitrogen and oxygen atoms in total. The highest BCUT2D eigenvalue weighted by atomic mass is 79.9. The molecule has 0 aliphatic carbocycles. The Morgan fingerprint density at radius 1 is 2.09 bits per heavy atom. The Labute approximate surface area is 84.9 Å². The molecule has 2 rings (SSSR count). The lowest BCUT2D eigenvalue weighted by molar-refractivity contribution is -0.0797. The molecule has 0 aromatic carbocycles. The third kappa shape index (κ3) is 1.72. The molecule has 1 fully saturated rings. The van der Waals surface area contributed by atoms with Gasteiger partial charge in [0.15, 0.2) is 0 Å². The van der Waals surface area contributed by atoms with Gasteiger partial charge in [-0.15, -0.1) is 0 Å². The lowest BCUT2D eigenvalue weighted by Gasteiger charge is -2.25. The number of hydrogen-bond acceptors (Lipinski definition) is 4. The van der Waals surface area contributed by atoms with Gasteiger partial charge in [-0.3, -0.25) is 0 Å². The highest BCUT2D eigenvalue weighted by Crippen LogP contribution is 2.23. The number of ether oxygens (including phenoxy) is 2. The van der Waals surface area contributed by atoms with Crippen LogP contribution < -0.4 is 4.74 Å². The van der Waals surface area contributed by atoms with Gasteiger partial charge >= 0.3 is 0 Å². The number of halogens is 1. The summed E-state index contributed by atoms with van der Waals surface area (Å²) in [6.45, 7) is -5.15. The van der Waals surface area contributed by atoms with Gasteiger partial charge in [-0.1, -0.05) is 11.3 Å². The Morgan fingerprint density at radius 3 is 3.45 bits per heavy atom. The van der Waals surface area contributed by atoms with Crippen molar-refractivity contribution < 1.29 is 17.7 Å². The standard InChI is InChI=1S/C6H6BrNO2S/c7-5-3-11-6(8-5)10-4-1-9-2-4/h3-4H,1-2H2/i1D2,2D2,3D,4D. The molecule has 0 bridgehead atoms. The minimum absolute atomic E-state index is 0.0463. The van der Waals surface area contributed by atoms with Crippen molar-refractivity contribution in [3.63, 3.8) is 0 Å². The lowest BCUT2D eigenvalue weighted by Crippen LogP contribution is -2.38. The third-order valence-corrected chi connectivity index (χ3v) is 2.17. The van der Waals surface area contributed by atoms with Gasteiger partial charge < -0.3 is 9.47 Å². The number of hydrogen-bond donors (Lipinski definition) is 0. The van der Waals surface area contributed by atoms with E-state index in [0.29, 0.717) is 0 Å². The van der Waals surface area contributed by atoms with Gasteiger partial charge in [-0.25, -0.2) is 0 Å². The minimum Gasteiger partial charge on any atom is -0.462 e. The Morgan fingerprint density at radius 2 is 2.91 bits per heavy atom. The van der Waals surface area contributed by atoms with Crippen LogP contribution in [0.3, 0.4) is 0 Å². The molecule has 11 heavy (non-hydrogen) atoms. The van der Waals surface area contributed by atoms with Crippen LogP contribution in [0.5, 0.6) is 5.19 Å². The molecule has 0 N–H and O–H groups in total. The van der Waals surface area contributed by atoms with Crippen LogP contribution in [0, 0.1) is 0 Å². The van der Waals surface area contributed by atoms with Crippen LogP contribution in [0.1, 0.15) is 8.22 Å². The second-order valence-corrected chi connectivity index (χ2v) is 3.12. The number of thiazole rings is 1. The number of nitrogens with zero attached hydrogens (tertiary/aromatic N) is 1. The van der Waals surface area contributed by atoms with E-state index in [-0.39, 0.29) is 15.2 Å². The minimum atomic E-state index is -2.57. The smallest absolute Gasteiger partial charge is 0.274 e. The summed E-state index contributed by atoms with van der Waals surface area (Å²) in [5.41, 5.74) is 0. The van der Waals surface area contributed by atoms with Crippen molar-refractivity contribution in [3.05, 3.63) is 9.96 Å². The molecule has 1 aromatic heterocycles. The maximum Gasteiger partial charge on any atom is 0.274 e. The molecule has 0 spiro atoms. The monoisotopic (exact) mass is 241 g/mol. The van der Waals surface area contributed by atoms with Gasteiger partial charge in [-0.05, 0) is 15.9 Å². The molecule has 0 amide bonds. The molecule has 2 heterocycles. The molecule has 1 aliphatic rings. The average Bonchev–Trinajstić information content (AvgIpc) is 2.43. The van der Waals surface area contributed by atoms with Gasteiger partial charge in [0, 0.05) is 5.36 Å². The molecular formula is C6H6BrNO2S. The van der Waals surface area contributed by atoms with Gasteiger partial charge in [-0.2, -0.15) is 4.98 Å². The Bertz CT molecular complexity index is 432. The maximum absolute atomic E-state index is 7.68. The molecule has 60 valence electrons. The lowest BCUT2D eigenvalue weighted by atomic mass is 10.3. The maximum atomic E-state index is 7.68. The number of rotatable bonds is 2. The fraction of sp³-hybridized carbons (Fsp3) is 0.500. The summed E-state index contributed by atoms with van der Waals surface area (Å²) in [6, 6.07) is 0. The molecule has 0 unspecified atom stereocenters. The normalized spacial score (nSPS) is 37.9. The predicted molar refractivity (Wildman–Crippen MR) is 45.0 cm³/mol. The van der Waals surface area contributed by atoms with E-state index in [0.717, 1.165) is 11.3 Å². The molecule has 5 heteroatoms. The first kappa shape index (κ1) is 3.32. The molecule has 0 radical (unpaired) electrons. The fourth-order valence-electron chi connectivity index (χ4n) is 0.477. The van der Waals surface area contributed by atoms with Gasteiger partial charge in [0.2, 0.25) is 0 Å². The molecule has 1 aliphatic heterocycles. The van der Waals surface area contributed by atoms with E-state index < -0.39 is 19.2 Å². The molecular weight excluding hydrogens is 230 g/mol. The topological polar surface area (TPSA) is 31.4 Å². The molecule has 0 atom stereocenters. The Hall–Kier alpha value is -0.130. The highest BCUT2D eigenvalue weighted by Gasteiger charge is 2.21. The predicted octanol–water partition coefficient (Wildman–Crippen LogP) is 1.68. The van der Waals surface area contributed by atoms with Crippen LogP contribution in [0.2, 0.25) is 0 Å². The van der Waals surface area contributed by atoms with Crippen molar-refractivity contribution in [2.24, 2.45) is 0 Å². The second kappa shape index (κ2) is 3.08. The van der Waals surface area contributed by atoms with Gasteiger partial charge in [0.1, 0.15) is 10.7 Å². The Kier molecular flexibility index (Phi) is 0.929. The van der Waals surface area contributed by atoms with Crippen LogP contribution in [-0.2, 0) is 4.74 Å². The van der Waals surface area contributed by atoms with Crippen LogP contribution in [-0.4, -0.2) is 24.2 Å². The second-order valence-electron chi connectivity index (χ2n) is 1.61. The largest absolute Gasteiger partial charge is 0.462 e. The molecule has 1 saturated heterocycles. The van der Waals surface area contributed by atoms with Crippen LogP contribution in [0.25, 0.3) is 0 Å².